The largest absolute Gasteiger partial charge is 0.508 e. The number of phenols is 1. The van der Waals surface area contributed by atoms with E-state index in [4.69, 9.17) is 4.74 Å². The maximum atomic E-state index is 12.4. The van der Waals surface area contributed by atoms with E-state index in [2.05, 4.69) is 0 Å². The average Bonchev–Trinajstić information content (AvgIpc) is 2.72. The van der Waals surface area contributed by atoms with Gasteiger partial charge in [0.05, 0.1) is 6.61 Å². The molecule has 0 saturated carbocycles. The first-order valence-electron chi connectivity index (χ1n) is 9.83. The Morgan fingerprint density at radius 1 is 1.04 bits per heavy atom. The second-order valence-corrected chi connectivity index (χ2v) is 7.28. The Balaban J connectivity index is 1.36. The van der Waals surface area contributed by atoms with E-state index in [1.807, 2.05) is 17.0 Å². The quantitative estimate of drug-likeness (QED) is 0.578. The van der Waals surface area contributed by atoms with Crippen molar-refractivity contribution in [1.82, 2.24) is 4.90 Å². The number of phenolic OH excluding ortho intramolecular Hbond substituents is 1. The highest BCUT2D eigenvalue weighted by molar-refractivity contribution is 5.94. The lowest BCUT2D eigenvalue weighted by Gasteiger charge is -2.32. The normalized spacial score (nSPS) is 14.7. The zero-order valence-electron chi connectivity index (χ0n) is 16.3. The minimum absolute atomic E-state index is 0.0336. The number of Topliss-reactive ketones (excluding diaryl/α,β-unsaturated/α-hetero) is 1. The van der Waals surface area contributed by atoms with Crippen LogP contribution in [0.5, 0.6) is 11.5 Å². The number of likely N-dealkylation sites (tertiary alicyclic amines) is 1. The molecule has 3 rings (SSSR count). The van der Waals surface area contributed by atoms with Gasteiger partial charge in [0.1, 0.15) is 11.5 Å². The number of ether oxygens (including phenoxy) is 1. The first-order chi connectivity index (χ1) is 13.5. The molecule has 5 nitrogen and oxygen atoms in total. The third-order valence-corrected chi connectivity index (χ3v) is 5.28. The highest BCUT2D eigenvalue weighted by Gasteiger charge is 2.23. The minimum atomic E-state index is 0.0336. The Morgan fingerprint density at radius 2 is 1.68 bits per heavy atom. The minimum Gasteiger partial charge on any atom is -0.508 e. The average molecular weight is 381 g/mol. The fraction of sp³-hybridized carbons (Fsp3) is 0.391. The van der Waals surface area contributed by atoms with Crippen LogP contribution in [0.1, 0.15) is 54.4 Å². The summed E-state index contributed by atoms with van der Waals surface area (Å²) in [5.41, 5.74) is 1.90. The van der Waals surface area contributed by atoms with Gasteiger partial charge >= 0.3 is 0 Å². The molecule has 1 amide bonds. The molecule has 0 aliphatic carbocycles. The number of amides is 1. The van der Waals surface area contributed by atoms with E-state index in [1.165, 1.54) is 12.5 Å². The van der Waals surface area contributed by atoms with Crippen molar-refractivity contribution < 1.29 is 19.4 Å². The van der Waals surface area contributed by atoms with Gasteiger partial charge in [-0.15, -0.1) is 0 Å². The maximum absolute atomic E-state index is 12.4. The highest BCUT2D eigenvalue weighted by Crippen LogP contribution is 2.29. The monoisotopic (exact) mass is 381 g/mol. The molecular formula is C23H27NO4. The van der Waals surface area contributed by atoms with Crippen molar-refractivity contribution in [3.8, 4) is 11.5 Å². The van der Waals surface area contributed by atoms with Crippen molar-refractivity contribution in [3.05, 3.63) is 59.7 Å². The van der Waals surface area contributed by atoms with E-state index in [1.54, 1.807) is 36.4 Å². The molecule has 28 heavy (non-hydrogen) atoms. The second kappa shape index (κ2) is 9.40. The topological polar surface area (TPSA) is 66.8 Å². The van der Waals surface area contributed by atoms with Crippen LogP contribution in [-0.4, -0.2) is 41.4 Å². The fourth-order valence-electron chi connectivity index (χ4n) is 3.57. The van der Waals surface area contributed by atoms with Gasteiger partial charge in [0, 0.05) is 25.1 Å². The number of rotatable bonds is 7. The van der Waals surface area contributed by atoms with Crippen LogP contribution in [0.2, 0.25) is 0 Å². The van der Waals surface area contributed by atoms with Gasteiger partial charge in [0.25, 0.3) is 0 Å². The number of ketones is 1. The predicted molar refractivity (Wildman–Crippen MR) is 108 cm³/mol. The fourth-order valence-corrected chi connectivity index (χ4v) is 3.57. The summed E-state index contributed by atoms with van der Waals surface area (Å²) < 4.78 is 5.66. The molecule has 148 valence electrons. The number of aromatic hydroxyl groups is 1. The summed E-state index contributed by atoms with van der Waals surface area (Å²) in [6.07, 6.45) is 3.06. The van der Waals surface area contributed by atoms with Crippen LogP contribution in [0.3, 0.4) is 0 Å². The lowest BCUT2D eigenvalue weighted by molar-refractivity contribution is -0.132. The molecule has 1 heterocycles. The molecule has 2 aromatic rings. The van der Waals surface area contributed by atoms with Crippen molar-refractivity contribution in [3.63, 3.8) is 0 Å². The Hall–Kier alpha value is -2.82. The van der Waals surface area contributed by atoms with Gasteiger partial charge in [0.2, 0.25) is 5.91 Å². The van der Waals surface area contributed by atoms with Crippen molar-refractivity contribution in [2.45, 2.75) is 38.5 Å². The van der Waals surface area contributed by atoms with Crippen LogP contribution in [0.25, 0.3) is 0 Å². The van der Waals surface area contributed by atoms with E-state index in [0.717, 1.165) is 25.9 Å². The van der Waals surface area contributed by atoms with Crippen molar-refractivity contribution in [1.29, 1.82) is 0 Å². The second-order valence-electron chi connectivity index (χ2n) is 7.28. The molecule has 2 aromatic carbocycles. The summed E-state index contributed by atoms with van der Waals surface area (Å²) in [5.74, 6) is 1.66. The molecule has 0 spiro atoms. The van der Waals surface area contributed by atoms with E-state index >= 15 is 0 Å². The summed E-state index contributed by atoms with van der Waals surface area (Å²) in [6.45, 7) is 3.57. The van der Waals surface area contributed by atoms with Crippen LogP contribution in [0.4, 0.5) is 0 Å². The summed E-state index contributed by atoms with van der Waals surface area (Å²) in [5, 5.41) is 9.40. The first kappa shape index (κ1) is 19.9. The molecule has 0 unspecified atom stereocenters. The molecule has 1 saturated heterocycles. The van der Waals surface area contributed by atoms with E-state index in [9.17, 15) is 14.7 Å². The van der Waals surface area contributed by atoms with Gasteiger partial charge in [-0.3, -0.25) is 9.59 Å². The molecular weight excluding hydrogens is 354 g/mol. The number of benzene rings is 2. The van der Waals surface area contributed by atoms with Gasteiger partial charge in [-0.25, -0.2) is 0 Å². The van der Waals surface area contributed by atoms with Crippen molar-refractivity contribution >= 4 is 11.7 Å². The molecule has 0 atom stereocenters. The Labute approximate surface area is 165 Å². The van der Waals surface area contributed by atoms with Gasteiger partial charge in [-0.05, 0) is 74.1 Å². The molecule has 1 aliphatic heterocycles. The lowest BCUT2D eigenvalue weighted by atomic mass is 9.89. The SMILES string of the molecule is CC(=O)c1ccc(OCCCC(=O)N2CCC(c3ccc(O)cc3)CC2)cc1. The van der Waals surface area contributed by atoms with Gasteiger partial charge in [-0.1, -0.05) is 12.1 Å². The van der Waals surface area contributed by atoms with Crippen molar-refractivity contribution in [2.75, 3.05) is 19.7 Å². The zero-order valence-corrected chi connectivity index (χ0v) is 16.3. The first-order valence-corrected chi connectivity index (χ1v) is 9.83. The van der Waals surface area contributed by atoms with Crippen LogP contribution in [0.15, 0.2) is 48.5 Å². The Bertz CT molecular complexity index is 790. The number of nitrogens with zero attached hydrogens (tertiary/aromatic N) is 1. The van der Waals surface area contributed by atoms with Crippen LogP contribution >= 0.6 is 0 Å². The number of hydrogen-bond acceptors (Lipinski definition) is 4. The Kier molecular flexibility index (Phi) is 6.69. The Morgan fingerprint density at radius 3 is 2.29 bits per heavy atom. The number of carbonyl (C=O) groups is 2. The van der Waals surface area contributed by atoms with Gasteiger partial charge in [-0.2, -0.15) is 0 Å². The standard InChI is InChI=1S/C23H27NO4/c1-17(25)18-6-10-22(11-7-18)28-16-2-3-23(27)24-14-12-20(13-15-24)19-4-8-21(26)9-5-19/h4-11,20,26H,2-3,12-16H2,1H3. The summed E-state index contributed by atoms with van der Waals surface area (Å²) in [7, 11) is 0. The van der Waals surface area contributed by atoms with Gasteiger partial charge in [0.15, 0.2) is 5.78 Å². The van der Waals surface area contributed by atoms with Crippen LogP contribution < -0.4 is 4.74 Å². The summed E-state index contributed by atoms with van der Waals surface area (Å²) in [6, 6.07) is 14.5. The highest BCUT2D eigenvalue weighted by atomic mass is 16.5. The van der Waals surface area contributed by atoms with Gasteiger partial charge < -0.3 is 14.7 Å². The molecule has 1 fully saturated rings. The number of piperidine rings is 1. The number of carbonyl (C=O) groups excluding carboxylic acids is 2. The molecule has 0 bridgehead atoms. The predicted octanol–water partition coefficient (Wildman–Crippen LogP) is 4.16. The smallest absolute Gasteiger partial charge is 0.222 e. The van der Waals surface area contributed by atoms with Crippen LogP contribution in [0, 0.1) is 0 Å². The summed E-state index contributed by atoms with van der Waals surface area (Å²) in [4.78, 5) is 25.6. The van der Waals surface area contributed by atoms with E-state index in [0.29, 0.717) is 36.7 Å². The summed E-state index contributed by atoms with van der Waals surface area (Å²) >= 11 is 0. The van der Waals surface area contributed by atoms with E-state index < -0.39 is 0 Å². The molecule has 5 heteroatoms. The molecule has 1 N–H and O–H groups in total. The zero-order chi connectivity index (χ0) is 19.9. The lowest BCUT2D eigenvalue weighted by Crippen LogP contribution is -2.37. The molecule has 0 aromatic heterocycles. The molecule has 1 aliphatic rings. The third kappa shape index (κ3) is 5.35. The molecule has 0 radical (unpaired) electrons. The van der Waals surface area contributed by atoms with Crippen LogP contribution in [-0.2, 0) is 4.79 Å². The van der Waals surface area contributed by atoms with E-state index in [-0.39, 0.29) is 17.4 Å². The third-order valence-electron chi connectivity index (χ3n) is 5.28. The van der Waals surface area contributed by atoms with Crippen molar-refractivity contribution in [2.24, 2.45) is 0 Å². The number of hydrogen-bond donors (Lipinski definition) is 1. The maximum Gasteiger partial charge on any atom is 0.222 e.